The molecule has 1 N–H and O–H groups in total. The van der Waals surface area contributed by atoms with Gasteiger partial charge in [-0.2, -0.15) is 0 Å². The highest BCUT2D eigenvalue weighted by Gasteiger charge is 2.20. The molecule has 0 aromatic heterocycles. The van der Waals surface area contributed by atoms with Crippen LogP contribution < -0.4 is 0 Å². The maximum Gasteiger partial charge on any atom is 0.308 e. The number of esters is 1. The zero-order chi connectivity index (χ0) is 15.1. The molecule has 0 bridgehead atoms. The van der Waals surface area contributed by atoms with Gasteiger partial charge in [-0.1, -0.05) is 0 Å². The number of carbonyl (C=O) groups excluding carboxylic acids is 1. The fourth-order valence-electron chi connectivity index (χ4n) is 1.41. The third-order valence-electron chi connectivity index (χ3n) is 2.12. The molecule has 0 rings (SSSR count). The van der Waals surface area contributed by atoms with Crippen LogP contribution in [0.5, 0.6) is 0 Å². The van der Waals surface area contributed by atoms with Crippen molar-refractivity contribution in [1.29, 1.82) is 0 Å². The zero-order valence-corrected chi connectivity index (χ0v) is 13.0. The van der Waals surface area contributed by atoms with Gasteiger partial charge in [-0.3, -0.25) is 4.79 Å². The average Bonchev–Trinajstić information content (AvgIpc) is 2.21. The van der Waals surface area contributed by atoms with Crippen LogP contribution >= 0.6 is 0 Å². The van der Waals surface area contributed by atoms with E-state index in [0.29, 0.717) is 13.2 Å². The maximum absolute atomic E-state index is 11.4. The van der Waals surface area contributed by atoms with E-state index in [1.807, 2.05) is 41.5 Å². The highest BCUT2D eigenvalue weighted by Crippen LogP contribution is 2.11. The van der Waals surface area contributed by atoms with Crippen molar-refractivity contribution in [3.63, 3.8) is 0 Å². The van der Waals surface area contributed by atoms with Gasteiger partial charge < -0.3 is 19.3 Å². The summed E-state index contributed by atoms with van der Waals surface area (Å²) in [6.07, 6.45) is 0.0914. The quantitative estimate of drug-likeness (QED) is 0.542. The molecule has 5 nitrogen and oxygen atoms in total. The highest BCUT2D eigenvalue weighted by molar-refractivity contribution is 5.69. The van der Waals surface area contributed by atoms with Crippen molar-refractivity contribution in [3.8, 4) is 0 Å². The van der Waals surface area contributed by atoms with Crippen LogP contribution in [0.4, 0.5) is 0 Å². The lowest BCUT2D eigenvalue weighted by atomic mass is 10.1. The van der Waals surface area contributed by atoms with Gasteiger partial charge in [-0.05, 0) is 41.5 Å². The average molecular weight is 276 g/mol. The summed E-state index contributed by atoms with van der Waals surface area (Å²) < 4.78 is 16.1. The van der Waals surface area contributed by atoms with Crippen molar-refractivity contribution in [2.75, 3.05) is 19.8 Å². The van der Waals surface area contributed by atoms with Crippen LogP contribution in [0.25, 0.3) is 0 Å². The molecular formula is C14H28O5. The van der Waals surface area contributed by atoms with E-state index in [1.165, 1.54) is 0 Å². The minimum absolute atomic E-state index is 0.0464. The number of carbonyl (C=O) groups is 1. The summed E-state index contributed by atoms with van der Waals surface area (Å²) in [5.74, 6) is -0.267. The highest BCUT2D eigenvalue weighted by atomic mass is 16.6. The second-order valence-corrected chi connectivity index (χ2v) is 6.26. The molecule has 0 fully saturated rings. The Hall–Kier alpha value is -0.650. The first-order valence-corrected chi connectivity index (χ1v) is 6.64. The van der Waals surface area contributed by atoms with Crippen molar-refractivity contribution in [2.45, 2.75) is 65.3 Å². The standard InChI is InChI=1S/C14H28O5/c1-11(18-14(5,6)10-15)9-17-8-7-12(16)19-13(2,3)4/h11,15H,7-10H2,1-6H3. The van der Waals surface area contributed by atoms with Crippen LogP contribution in [0.2, 0.25) is 0 Å². The first-order valence-electron chi connectivity index (χ1n) is 6.64. The summed E-state index contributed by atoms with van der Waals surface area (Å²) in [5.41, 5.74) is -1.04. The molecule has 1 unspecified atom stereocenters. The van der Waals surface area contributed by atoms with Crippen LogP contribution in [-0.4, -0.2) is 48.2 Å². The molecule has 0 aliphatic heterocycles. The Kier molecular flexibility index (Phi) is 7.55. The third-order valence-corrected chi connectivity index (χ3v) is 2.12. The van der Waals surface area contributed by atoms with Crippen LogP contribution in [0.15, 0.2) is 0 Å². The summed E-state index contributed by atoms with van der Waals surface area (Å²) in [6.45, 7) is 11.6. The lowest BCUT2D eigenvalue weighted by Gasteiger charge is -2.27. The third kappa shape index (κ3) is 10.9. The van der Waals surface area contributed by atoms with E-state index in [0.717, 1.165) is 0 Å². The van der Waals surface area contributed by atoms with E-state index in [-0.39, 0.29) is 25.1 Å². The summed E-state index contributed by atoms with van der Waals surface area (Å²) in [4.78, 5) is 11.4. The van der Waals surface area contributed by atoms with E-state index >= 15 is 0 Å². The van der Waals surface area contributed by atoms with E-state index in [2.05, 4.69) is 0 Å². The summed E-state index contributed by atoms with van der Waals surface area (Å²) >= 11 is 0. The van der Waals surface area contributed by atoms with Gasteiger partial charge in [0.05, 0.1) is 37.9 Å². The number of aliphatic hydroxyl groups excluding tert-OH is 1. The molecule has 19 heavy (non-hydrogen) atoms. The van der Waals surface area contributed by atoms with Crippen LogP contribution in [0, 0.1) is 0 Å². The zero-order valence-electron chi connectivity index (χ0n) is 13.0. The Morgan fingerprint density at radius 2 is 1.79 bits per heavy atom. The predicted molar refractivity (Wildman–Crippen MR) is 73.0 cm³/mol. The lowest BCUT2D eigenvalue weighted by Crippen LogP contribution is -2.35. The molecular weight excluding hydrogens is 248 g/mol. The van der Waals surface area contributed by atoms with Gasteiger partial charge in [0.1, 0.15) is 5.60 Å². The molecule has 0 aliphatic carbocycles. The SMILES string of the molecule is CC(COCCC(=O)OC(C)(C)C)OC(C)(C)CO. The van der Waals surface area contributed by atoms with Gasteiger partial charge in [-0.15, -0.1) is 0 Å². The topological polar surface area (TPSA) is 65.0 Å². The van der Waals surface area contributed by atoms with Gasteiger partial charge >= 0.3 is 5.97 Å². The molecule has 1 atom stereocenters. The molecule has 0 spiro atoms. The Labute approximate surface area is 116 Å². The van der Waals surface area contributed by atoms with Crippen molar-refractivity contribution in [3.05, 3.63) is 0 Å². The van der Waals surface area contributed by atoms with E-state index in [1.54, 1.807) is 0 Å². The summed E-state index contributed by atoms with van der Waals surface area (Å²) in [5, 5.41) is 9.07. The Morgan fingerprint density at radius 3 is 2.26 bits per heavy atom. The van der Waals surface area contributed by atoms with Crippen molar-refractivity contribution >= 4 is 5.97 Å². The van der Waals surface area contributed by atoms with Crippen LogP contribution in [-0.2, 0) is 19.0 Å². The Bertz CT molecular complexity index is 268. The van der Waals surface area contributed by atoms with Crippen molar-refractivity contribution in [2.24, 2.45) is 0 Å². The molecule has 0 aromatic rings. The normalized spacial score (nSPS) is 14.3. The molecule has 5 heteroatoms. The smallest absolute Gasteiger partial charge is 0.308 e. The number of aliphatic hydroxyl groups is 1. The minimum Gasteiger partial charge on any atom is -0.460 e. The summed E-state index contributed by atoms with van der Waals surface area (Å²) in [7, 11) is 0. The van der Waals surface area contributed by atoms with Crippen molar-refractivity contribution < 1.29 is 24.1 Å². The fraction of sp³-hybridized carbons (Fsp3) is 0.929. The number of rotatable bonds is 8. The van der Waals surface area contributed by atoms with E-state index in [4.69, 9.17) is 19.3 Å². The van der Waals surface area contributed by atoms with E-state index in [9.17, 15) is 4.79 Å². The second kappa shape index (κ2) is 7.82. The second-order valence-electron chi connectivity index (χ2n) is 6.26. The van der Waals surface area contributed by atoms with Crippen LogP contribution in [0.1, 0.15) is 48.0 Å². The first-order chi connectivity index (χ1) is 8.56. The number of hydrogen-bond acceptors (Lipinski definition) is 5. The van der Waals surface area contributed by atoms with Gasteiger partial charge in [0, 0.05) is 0 Å². The van der Waals surface area contributed by atoms with Gasteiger partial charge in [-0.25, -0.2) is 0 Å². The molecule has 0 saturated carbocycles. The first kappa shape index (κ1) is 18.4. The monoisotopic (exact) mass is 276 g/mol. The van der Waals surface area contributed by atoms with Crippen LogP contribution in [0.3, 0.4) is 0 Å². The van der Waals surface area contributed by atoms with Crippen molar-refractivity contribution in [1.82, 2.24) is 0 Å². The Morgan fingerprint density at radius 1 is 1.21 bits per heavy atom. The van der Waals surface area contributed by atoms with E-state index < -0.39 is 11.2 Å². The lowest BCUT2D eigenvalue weighted by molar-refractivity contribution is -0.157. The molecule has 0 aromatic carbocycles. The molecule has 0 saturated heterocycles. The molecule has 114 valence electrons. The molecule has 0 heterocycles. The minimum atomic E-state index is -0.575. The molecule has 0 amide bonds. The number of hydrogen-bond donors (Lipinski definition) is 1. The molecule has 0 aliphatic rings. The largest absolute Gasteiger partial charge is 0.460 e. The van der Waals surface area contributed by atoms with Gasteiger partial charge in [0.25, 0.3) is 0 Å². The molecule has 0 radical (unpaired) electrons. The van der Waals surface area contributed by atoms with Gasteiger partial charge in [0.2, 0.25) is 0 Å². The number of ether oxygens (including phenoxy) is 3. The Balaban J connectivity index is 3.72. The van der Waals surface area contributed by atoms with Gasteiger partial charge in [0.15, 0.2) is 0 Å². The fourth-order valence-corrected chi connectivity index (χ4v) is 1.41. The summed E-state index contributed by atoms with van der Waals surface area (Å²) in [6, 6.07) is 0. The predicted octanol–water partition coefficient (Wildman–Crippen LogP) is 1.91. The maximum atomic E-state index is 11.4.